The van der Waals surface area contributed by atoms with Crippen LogP contribution in [-0.2, 0) is 10.0 Å². The van der Waals surface area contributed by atoms with Gasteiger partial charge in [-0.05, 0) is 50.5 Å². The molecule has 1 saturated heterocycles. The van der Waals surface area contributed by atoms with Crippen molar-refractivity contribution in [1.82, 2.24) is 9.62 Å². The molecule has 1 N–H and O–H groups in total. The molecule has 114 valence electrons. The summed E-state index contributed by atoms with van der Waals surface area (Å²) in [5.74, 6) is 1.06. The Kier molecular flexibility index (Phi) is 3.99. The number of piperidine rings is 1. The molecule has 0 radical (unpaired) electrons. The van der Waals surface area contributed by atoms with Crippen LogP contribution in [0.1, 0.15) is 25.3 Å². The fourth-order valence-electron chi connectivity index (χ4n) is 2.96. The molecule has 1 aromatic carbocycles. The highest BCUT2D eigenvalue weighted by atomic mass is 32.2. The van der Waals surface area contributed by atoms with Crippen molar-refractivity contribution in [3.63, 3.8) is 0 Å². The van der Waals surface area contributed by atoms with E-state index in [0.29, 0.717) is 28.8 Å². The fourth-order valence-corrected chi connectivity index (χ4v) is 4.21. The topological polar surface area (TPSA) is 61.8 Å². The third-order valence-corrected chi connectivity index (χ3v) is 5.72. The van der Waals surface area contributed by atoms with E-state index in [2.05, 4.69) is 21.5 Å². The Morgan fingerprint density at radius 2 is 2.00 bits per heavy atom. The molecule has 0 aromatic heterocycles. The van der Waals surface area contributed by atoms with E-state index in [1.807, 2.05) is 12.1 Å². The second-order valence-corrected chi connectivity index (χ2v) is 7.32. The molecule has 2 aliphatic rings. The van der Waals surface area contributed by atoms with Crippen LogP contribution in [0.15, 0.2) is 34.2 Å². The van der Waals surface area contributed by atoms with Gasteiger partial charge < -0.3 is 4.90 Å². The molecule has 0 bridgehead atoms. The van der Waals surface area contributed by atoms with Crippen molar-refractivity contribution in [2.75, 3.05) is 26.2 Å². The summed E-state index contributed by atoms with van der Waals surface area (Å²) >= 11 is 0. The monoisotopic (exact) mass is 307 g/mol. The zero-order valence-electron chi connectivity index (χ0n) is 12.2. The Hall–Kier alpha value is -1.40. The molecule has 5 nitrogen and oxygen atoms in total. The van der Waals surface area contributed by atoms with Crippen LogP contribution in [0.3, 0.4) is 0 Å². The highest BCUT2D eigenvalue weighted by Gasteiger charge is 2.30. The lowest BCUT2D eigenvalue weighted by Crippen LogP contribution is -2.34. The average Bonchev–Trinajstić information content (AvgIpc) is 2.77. The average molecular weight is 307 g/mol. The second-order valence-electron chi connectivity index (χ2n) is 5.67. The van der Waals surface area contributed by atoms with Crippen molar-refractivity contribution >= 4 is 15.9 Å². The summed E-state index contributed by atoms with van der Waals surface area (Å²) in [6, 6.07) is 7.02. The van der Waals surface area contributed by atoms with Crippen molar-refractivity contribution in [3.05, 3.63) is 29.8 Å². The molecule has 0 unspecified atom stereocenters. The van der Waals surface area contributed by atoms with Crippen molar-refractivity contribution in [1.29, 1.82) is 0 Å². The van der Waals surface area contributed by atoms with Crippen LogP contribution in [0, 0.1) is 5.92 Å². The molecule has 21 heavy (non-hydrogen) atoms. The Morgan fingerprint density at radius 3 is 2.71 bits per heavy atom. The number of aliphatic imine (C=N–C) groups is 1. The quantitative estimate of drug-likeness (QED) is 0.919. The number of likely N-dealkylation sites (tertiary alicyclic amines) is 1. The molecular weight excluding hydrogens is 286 g/mol. The Labute approximate surface area is 126 Å². The van der Waals surface area contributed by atoms with Crippen LogP contribution >= 0.6 is 0 Å². The van der Waals surface area contributed by atoms with Crippen LogP contribution in [0.2, 0.25) is 0 Å². The highest BCUT2D eigenvalue weighted by molar-refractivity contribution is 7.90. The van der Waals surface area contributed by atoms with Crippen LogP contribution < -0.4 is 4.72 Å². The highest BCUT2D eigenvalue weighted by Crippen LogP contribution is 2.23. The predicted molar refractivity (Wildman–Crippen MR) is 83.0 cm³/mol. The second kappa shape index (κ2) is 5.77. The van der Waals surface area contributed by atoms with Gasteiger partial charge in [-0.3, -0.25) is 9.71 Å². The Morgan fingerprint density at radius 1 is 1.29 bits per heavy atom. The first kappa shape index (κ1) is 14.5. The number of fused-ring (bicyclic) bond motifs is 1. The Bertz CT molecular complexity index is 647. The number of amidine groups is 1. The predicted octanol–water partition coefficient (Wildman–Crippen LogP) is 1.46. The van der Waals surface area contributed by atoms with Crippen LogP contribution in [0.4, 0.5) is 0 Å². The molecule has 6 heteroatoms. The third kappa shape index (κ3) is 2.96. The van der Waals surface area contributed by atoms with Gasteiger partial charge in [0.2, 0.25) is 0 Å². The third-order valence-electron chi connectivity index (χ3n) is 4.32. The van der Waals surface area contributed by atoms with E-state index in [9.17, 15) is 8.42 Å². The van der Waals surface area contributed by atoms with Gasteiger partial charge in [0, 0.05) is 12.1 Å². The number of hydrogen-bond donors (Lipinski definition) is 1. The van der Waals surface area contributed by atoms with E-state index < -0.39 is 10.0 Å². The lowest BCUT2D eigenvalue weighted by Gasteiger charge is -2.30. The van der Waals surface area contributed by atoms with Gasteiger partial charge in [-0.15, -0.1) is 0 Å². The lowest BCUT2D eigenvalue weighted by atomic mass is 9.97. The first-order chi connectivity index (χ1) is 10.1. The molecule has 3 rings (SSSR count). The molecule has 1 aromatic rings. The number of benzene rings is 1. The van der Waals surface area contributed by atoms with Gasteiger partial charge >= 0.3 is 0 Å². The number of rotatable bonds is 3. The van der Waals surface area contributed by atoms with E-state index in [0.717, 1.165) is 32.5 Å². The van der Waals surface area contributed by atoms with Crippen molar-refractivity contribution in [3.8, 4) is 0 Å². The Balaban J connectivity index is 1.71. The van der Waals surface area contributed by atoms with Gasteiger partial charge in [-0.1, -0.05) is 19.1 Å². The maximum Gasteiger partial charge on any atom is 0.263 e. The van der Waals surface area contributed by atoms with Crippen LogP contribution in [-0.4, -0.2) is 45.3 Å². The number of hydrogen-bond acceptors (Lipinski definition) is 4. The minimum atomic E-state index is -3.41. The zero-order valence-corrected chi connectivity index (χ0v) is 13.1. The molecule has 1 fully saturated rings. The maximum atomic E-state index is 12.0. The van der Waals surface area contributed by atoms with Crippen molar-refractivity contribution in [2.45, 2.75) is 24.7 Å². The molecule has 0 spiro atoms. The summed E-state index contributed by atoms with van der Waals surface area (Å²) in [5.41, 5.74) is 0.698. The minimum Gasteiger partial charge on any atom is -0.304 e. The van der Waals surface area contributed by atoms with Crippen molar-refractivity contribution < 1.29 is 8.42 Å². The SMILES string of the molecule is CCN1CCC(CN=C2NS(=O)(=O)c3ccccc32)CC1. The molecule has 2 aliphatic heterocycles. The minimum absolute atomic E-state index is 0.338. The first-order valence-corrected chi connectivity index (χ1v) is 8.97. The van der Waals surface area contributed by atoms with Crippen LogP contribution in [0.5, 0.6) is 0 Å². The summed E-state index contributed by atoms with van der Waals surface area (Å²) in [6.45, 7) is 6.23. The zero-order chi connectivity index (χ0) is 14.9. The number of sulfonamides is 1. The largest absolute Gasteiger partial charge is 0.304 e. The smallest absolute Gasteiger partial charge is 0.263 e. The normalized spacial score (nSPS) is 24.0. The lowest BCUT2D eigenvalue weighted by molar-refractivity contribution is 0.196. The number of nitrogens with one attached hydrogen (secondary N) is 1. The van der Waals surface area contributed by atoms with Crippen molar-refractivity contribution in [2.24, 2.45) is 10.9 Å². The van der Waals surface area contributed by atoms with Crippen LogP contribution in [0.25, 0.3) is 0 Å². The number of nitrogens with zero attached hydrogens (tertiary/aromatic N) is 2. The van der Waals surface area contributed by atoms with E-state index in [4.69, 9.17) is 0 Å². The van der Waals surface area contributed by atoms with E-state index in [-0.39, 0.29) is 0 Å². The summed E-state index contributed by atoms with van der Waals surface area (Å²) in [7, 11) is -3.41. The molecule has 2 heterocycles. The van der Waals surface area contributed by atoms with E-state index in [1.54, 1.807) is 12.1 Å². The van der Waals surface area contributed by atoms with E-state index >= 15 is 0 Å². The summed E-state index contributed by atoms with van der Waals surface area (Å²) < 4.78 is 26.6. The molecule has 0 amide bonds. The summed E-state index contributed by atoms with van der Waals surface area (Å²) in [4.78, 5) is 7.32. The van der Waals surface area contributed by atoms with Gasteiger partial charge in [0.25, 0.3) is 10.0 Å². The summed E-state index contributed by atoms with van der Waals surface area (Å²) in [6.07, 6.45) is 2.28. The molecule has 0 atom stereocenters. The van der Waals surface area contributed by atoms with Gasteiger partial charge in [0.1, 0.15) is 5.84 Å². The maximum absolute atomic E-state index is 12.0. The summed E-state index contributed by atoms with van der Waals surface area (Å²) in [5, 5.41) is 0. The molecule has 0 saturated carbocycles. The molecule has 0 aliphatic carbocycles. The first-order valence-electron chi connectivity index (χ1n) is 7.49. The fraction of sp³-hybridized carbons (Fsp3) is 0.533. The van der Waals surface area contributed by atoms with Gasteiger partial charge in [0.05, 0.1) is 4.90 Å². The van der Waals surface area contributed by atoms with Gasteiger partial charge in [-0.25, -0.2) is 8.42 Å². The molecular formula is C15H21N3O2S. The van der Waals surface area contributed by atoms with Gasteiger partial charge in [-0.2, -0.15) is 0 Å². The van der Waals surface area contributed by atoms with Gasteiger partial charge in [0.15, 0.2) is 0 Å². The standard InChI is InChI=1S/C15H21N3O2S/c1-2-18-9-7-12(8-10-18)11-16-15-13-5-3-4-6-14(13)21(19,20)17-15/h3-6,12H,2,7-11H2,1H3,(H,16,17). The van der Waals surface area contributed by atoms with E-state index in [1.165, 1.54) is 0 Å².